The zero-order chi connectivity index (χ0) is 13.2. The maximum Gasteiger partial charge on any atom is 0.254 e. The molecule has 0 radical (unpaired) electrons. The quantitative estimate of drug-likeness (QED) is 0.861. The molecule has 3 rings (SSSR count). The summed E-state index contributed by atoms with van der Waals surface area (Å²) in [5, 5.41) is 9.80. The van der Waals surface area contributed by atoms with Gasteiger partial charge < -0.3 is 10.2 Å². The molecular weight excluding hydrogens is 242 g/mol. The second kappa shape index (κ2) is 4.72. The number of aromatic nitrogens is 3. The third-order valence-electron chi connectivity index (χ3n) is 3.27. The lowest BCUT2D eigenvalue weighted by atomic mass is 10.1. The molecule has 2 aromatic rings. The minimum absolute atomic E-state index is 0.0205. The number of rotatable bonds is 3. The Balaban J connectivity index is 1.76. The van der Waals surface area contributed by atoms with Crippen molar-refractivity contribution in [3.8, 4) is 0 Å². The Kier molecular flexibility index (Phi) is 2.91. The smallest absolute Gasteiger partial charge is 0.254 e. The number of hydrogen-bond acceptors (Lipinski definition) is 4. The van der Waals surface area contributed by atoms with Crippen LogP contribution in [0.3, 0.4) is 0 Å². The molecule has 0 bridgehead atoms. The molecule has 1 aliphatic heterocycles. The number of aromatic amines is 1. The van der Waals surface area contributed by atoms with E-state index >= 15 is 0 Å². The van der Waals surface area contributed by atoms with Crippen LogP contribution in [0.15, 0.2) is 24.5 Å². The predicted octanol–water partition coefficient (Wildman–Crippen LogP) is 1.04. The van der Waals surface area contributed by atoms with Gasteiger partial charge in [0.25, 0.3) is 5.91 Å². The highest BCUT2D eigenvalue weighted by atomic mass is 16.2. The van der Waals surface area contributed by atoms with E-state index in [1.54, 1.807) is 11.9 Å². The third-order valence-corrected chi connectivity index (χ3v) is 3.27. The monoisotopic (exact) mass is 257 g/mol. The molecule has 0 spiro atoms. The van der Waals surface area contributed by atoms with E-state index in [9.17, 15) is 4.79 Å². The van der Waals surface area contributed by atoms with Crippen molar-refractivity contribution in [1.82, 2.24) is 20.1 Å². The maximum atomic E-state index is 12.3. The standard InChI is InChI=1S/C13H15N5O/c1-18(7-12-15-8-16-17-12)13(19)10-3-2-9-4-5-14-11(9)6-10/h2-3,6,8,14H,4-5,7H2,1H3,(H,15,16,17). The number of nitrogens with zero attached hydrogens (tertiary/aromatic N) is 3. The highest BCUT2D eigenvalue weighted by Gasteiger charge is 2.16. The molecule has 0 saturated heterocycles. The number of nitrogens with one attached hydrogen (secondary N) is 2. The lowest BCUT2D eigenvalue weighted by Crippen LogP contribution is -2.26. The number of amides is 1. The summed E-state index contributed by atoms with van der Waals surface area (Å²) in [6.07, 6.45) is 2.46. The molecular formula is C13H15N5O. The topological polar surface area (TPSA) is 73.9 Å². The lowest BCUT2D eigenvalue weighted by molar-refractivity contribution is 0.0782. The molecule has 1 aromatic carbocycles. The van der Waals surface area contributed by atoms with Gasteiger partial charge in [0.1, 0.15) is 12.2 Å². The van der Waals surface area contributed by atoms with Crippen molar-refractivity contribution >= 4 is 11.6 Å². The van der Waals surface area contributed by atoms with Crippen LogP contribution in [0.1, 0.15) is 21.7 Å². The van der Waals surface area contributed by atoms with Crippen LogP contribution in [0, 0.1) is 0 Å². The fraction of sp³-hybridized carbons (Fsp3) is 0.308. The summed E-state index contributed by atoms with van der Waals surface area (Å²) in [5.41, 5.74) is 3.03. The van der Waals surface area contributed by atoms with Crippen LogP contribution in [0.4, 0.5) is 5.69 Å². The molecule has 1 amide bonds. The van der Waals surface area contributed by atoms with Gasteiger partial charge in [-0.05, 0) is 24.1 Å². The van der Waals surface area contributed by atoms with Gasteiger partial charge in [-0.25, -0.2) is 4.98 Å². The van der Waals surface area contributed by atoms with Crippen molar-refractivity contribution in [3.05, 3.63) is 41.5 Å². The largest absolute Gasteiger partial charge is 0.384 e. The Morgan fingerprint density at radius 2 is 2.37 bits per heavy atom. The van der Waals surface area contributed by atoms with Gasteiger partial charge in [0.05, 0.1) is 6.54 Å². The van der Waals surface area contributed by atoms with Crippen molar-refractivity contribution in [2.24, 2.45) is 0 Å². The number of fused-ring (bicyclic) bond motifs is 1. The van der Waals surface area contributed by atoms with Gasteiger partial charge in [-0.2, -0.15) is 5.10 Å². The van der Waals surface area contributed by atoms with Gasteiger partial charge in [0.2, 0.25) is 0 Å². The lowest BCUT2D eigenvalue weighted by Gasteiger charge is -2.16. The molecule has 6 heteroatoms. The number of anilines is 1. The van der Waals surface area contributed by atoms with Crippen molar-refractivity contribution in [1.29, 1.82) is 0 Å². The Labute approximate surface area is 110 Å². The fourth-order valence-corrected chi connectivity index (χ4v) is 2.25. The summed E-state index contributed by atoms with van der Waals surface area (Å²) < 4.78 is 0. The summed E-state index contributed by atoms with van der Waals surface area (Å²) in [6.45, 7) is 1.37. The van der Waals surface area contributed by atoms with E-state index < -0.39 is 0 Å². The minimum atomic E-state index is -0.0205. The van der Waals surface area contributed by atoms with Crippen LogP contribution < -0.4 is 5.32 Å². The zero-order valence-corrected chi connectivity index (χ0v) is 10.7. The van der Waals surface area contributed by atoms with Crippen molar-refractivity contribution in [2.75, 3.05) is 18.9 Å². The fourth-order valence-electron chi connectivity index (χ4n) is 2.25. The van der Waals surface area contributed by atoms with Gasteiger partial charge in [0.15, 0.2) is 0 Å². The Morgan fingerprint density at radius 3 is 3.16 bits per heavy atom. The molecule has 0 unspecified atom stereocenters. The number of hydrogen-bond donors (Lipinski definition) is 2. The summed E-state index contributed by atoms with van der Waals surface area (Å²) >= 11 is 0. The summed E-state index contributed by atoms with van der Waals surface area (Å²) in [4.78, 5) is 17.9. The van der Waals surface area contributed by atoms with E-state index in [0.29, 0.717) is 17.9 Å². The second-order valence-electron chi connectivity index (χ2n) is 4.64. The van der Waals surface area contributed by atoms with E-state index in [1.807, 2.05) is 18.2 Å². The first kappa shape index (κ1) is 11.7. The second-order valence-corrected chi connectivity index (χ2v) is 4.64. The van der Waals surface area contributed by atoms with Crippen LogP contribution in [-0.4, -0.2) is 39.6 Å². The third kappa shape index (κ3) is 2.29. The molecule has 0 atom stereocenters. The molecule has 0 saturated carbocycles. The molecule has 1 aliphatic rings. The van der Waals surface area contributed by atoms with Gasteiger partial charge in [-0.3, -0.25) is 9.89 Å². The summed E-state index contributed by atoms with van der Waals surface area (Å²) in [6, 6.07) is 5.82. The van der Waals surface area contributed by atoms with E-state index in [1.165, 1.54) is 11.9 Å². The van der Waals surface area contributed by atoms with Crippen molar-refractivity contribution in [3.63, 3.8) is 0 Å². The normalized spacial score (nSPS) is 12.9. The zero-order valence-electron chi connectivity index (χ0n) is 10.7. The number of benzene rings is 1. The molecule has 1 aromatic heterocycles. The molecule has 0 aliphatic carbocycles. The summed E-state index contributed by atoms with van der Waals surface area (Å²) in [7, 11) is 1.76. The van der Waals surface area contributed by atoms with Gasteiger partial charge in [-0.15, -0.1) is 0 Å². The number of carbonyl (C=O) groups excluding carboxylic acids is 1. The first-order valence-corrected chi connectivity index (χ1v) is 6.20. The van der Waals surface area contributed by atoms with Gasteiger partial charge in [0, 0.05) is 24.8 Å². The Morgan fingerprint density at radius 1 is 1.47 bits per heavy atom. The molecule has 2 heterocycles. The van der Waals surface area contributed by atoms with Crippen LogP contribution in [-0.2, 0) is 13.0 Å². The average Bonchev–Trinajstić information content (AvgIpc) is 3.07. The molecule has 2 N–H and O–H groups in total. The number of H-pyrrole nitrogens is 1. The van der Waals surface area contributed by atoms with Crippen LogP contribution in [0.5, 0.6) is 0 Å². The molecule has 6 nitrogen and oxygen atoms in total. The molecule has 98 valence electrons. The van der Waals surface area contributed by atoms with Crippen LogP contribution >= 0.6 is 0 Å². The van der Waals surface area contributed by atoms with Crippen LogP contribution in [0.2, 0.25) is 0 Å². The minimum Gasteiger partial charge on any atom is -0.384 e. The van der Waals surface area contributed by atoms with E-state index in [-0.39, 0.29) is 5.91 Å². The average molecular weight is 257 g/mol. The van der Waals surface area contributed by atoms with Crippen LogP contribution in [0.25, 0.3) is 0 Å². The Bertz CT molecular complexity index is 593. The van der Waals surface area contributed by atoms with Crippen molar-refractivity contribution in [2.45, 2.75) is 13.0 Å². The van der Waals surface area contributed by atoms with E-state index in [4.69, 9.17) is 0 Å². The SMILES string of the molecule is CN(Cc1ncn[nH]1)C(=O)c1ccc2c(c1)NCC2. The highest BCUT2D eigenvalue weighted by Crippen LogP contribution is 2.23. The molecule has 0 fully saturated rings. The van der Waals surface area contributed by atoms with E-state index in [0.717, 1.165) is 18.7 Å². The first-order chi connectivity index (χ1) is 9.24. The highest BCUT2D eigenvalue weighted by molar-refractivity contribution is 5.95. The van der Waals surface area contributed by atoms with Gasteiger partial charge in [-0.1, -0.05) is 6.07 Å². The first-order valence-electron chi connectivity index (χ1n) is 6.20. The van der Waals surface area contributed by atoms with Gasteiger partial charge >= 0.3 is 0 Å². The van der Waals surface area contributed by atoms with E-state index in [2.05, 4.69) is 20.5 Å². The number of carbonyl (C=O) groups is 1. The van der Waals surface area contributed by atoms with Crippen molar-refractivity contribution < 1.29 is 4.79 Å². The predicted molar refractivity (Wildman–Crippen MR) is 70.8 cm³/mol. The summed E-state index contributed by atoms with van der Waals surface area (Å²) in [5.74, 6) is 0.656. The molecule has 19 heavy (non-hydrogen) atoms. The maximum absolute atomic E-state index is 12.3. The Hall–Kier alpha value is -2.37.